The lowest BCUT2D eigenvalue weighted by Crippen LogP contribution is -2.12. The van der Waals surface area contributed by atoms with Gasteiger partial charge in [-0.05, 0) is 24.8 Å². The third-order valence-electron chi connectivity index (χ3n) is 1.67. The molecule has 0 aliphatic carbocycles. The van der Waals surface area contributed by atoms with Gasteiger partial charge in [0.15, 0.2) is 4.34 Å². The zero-order chi connectivity index (χ0) is 9.42. The number of aryl methyl sites for hydroxylation is 1. The van der Waals surface area contributed by atoms with Crippen LogP contribution in [-0.2, 0) is 0 Å². The Morgan fingerprint density at radius 2 is 2.31 bits per heavy atom. The van der Waals surface area contributed by atoms with E-state index in [1.807, 2.05) is 19.2 Å². The minimum absolute atomic E-state index is 0.0495. The molecule has 2 aromatic rings. The van der Waals surface area contributed by atoms with E-state index < -0.39 is 0 Å². The summed E-state index contributed by atoms with van der Waals surface area (Å²) < 4.78 is 2.37. The Morgan fingerprint density at radius 1 is 1.54 bits per heavy atom. The molecule has 0 aliphatic rings. The molecule has 2 heterocycles. The number of fused-ring (bicyclic) bond motifs is 1. The standard InChI is InChI=1S/C8H8N2OS2/c1-5-3-6(11)10-7(4-5)13-8(9-10)12-2/h3-4H,1-2H3. The third-order valence-corrected chi connectivity index (χ3v) is 3.61. The smallest absolute Gasteiger partial charge is 0.267 e. The molecule has 0 N–H and O–H groups in total. The molecule has 0 fully saturated rings. The summed E-state index contributed by atoms with van der Waals surface area (Å²) in [5, 5.41) is 4.16. The number of pyridine rings is 1. The van der Waals surface area contributed by atoms with Crippen molar-refractivity contribution in [2.45, 2.75) is 11.3 Å². The second kappa shape index (κ2) is 3.16. The van der Waals surface area contributed by atoms with Gasteiger partial charge in [-0.2, -0.15) is 4.52 Å². The summed E-state index contributed by atoms with van der Waals surface area (Å²) in [5.41, 5.74) is 0.938. The van der Waals surface area contributed by atoms with Crippen molar-refractivity contribution < 1.29 is 0 Å². The van der Waals surface area contributed by atoms with E-state index >= 15 is 0 Å². The van der Waals surface area contributed by atoms with Crippen LogP contribution in [0.5, 0.6) is 0 Å². The van der Waals surface area contributed by atoms with Gasteiger partial charge in [0.2, 0.25) is 0 Å². The molecular formula is C8H8N2OS2. The van der Waals surface area contributed by atoms with Gasteiger partial charge in [0.1, 0.15) is 4.83 Å². The molecule has 0 saturated carbocycles. The van der Waals surface area contributed by atoms with E-state index in [0.29, 0.717) is 0 Å². The van der Waals surface area contributed by atoms with E-state index in [4.69, 9.17) is 0 Å². The van der Waals surface area contributed by atoms with E-state index in [9.17, 15) is 4.79 Å². The van der Waals surface area contributed by atoms with E-state index in [0.717, 1.165) is 14.7 Å². The van der Waals surface area contributed by atoms with Crippen molar-refractivity contribution in [3.05, 3.63) is 28.0 Å². The van der Waals surface area contributed by atoms with Crippen LogP contribution >= 0.6 is 23.1 Å². The van der Waals surface area contributed by atoms with Crippen molar-refractivity contribution in [2.24, 2.45) is 0 Å². The SMILES string of the molecule is CSc1nn2c(=O)cc(C)cc2s1. The molecule has 0 atom stereocenters. The molecule has 0 unspecified atom stereocenters. The molecule has 0 spiro atoms. The average molecular weight is 212 g/mol. The summed E-state index contributed by atoms with van der Waals surface area (Å²) in [7, 11) is 0. The van der Waals surface area contributed by atoms with Gasteiger partial charge in [0, 0.05) is 6.07 Å². The van der Waals surface area contributed by atoms with Gasteiger partial charge in [-0.3, -0.25) is 4.79 Å². The molecule has 3 nitrogen and oxygen atoms in total. The van der Waals surface area contributed by atoms with Crippen molar-refractivity contribution in [3.63, 3.8) is 0 Å². The predicted molar refractivity (Wildman–Crippen MR) is 55.9 cm³/mol. The molecule has 5 heteroatoms. The monoisotopic (exact) mass is 212 g/mol. The van der Waals surface area contributed by atoms with Gasteiger partial charge in [0.25, 0.3) is 5.56 Å². The molecule has 0 saturated heterocycles. The minimum Gasteiger partial charge on any atom is -0.267 e. The molecule has 68 valence electrons. The molecule has 0 aliphatic heterocycles. The number of hydrogen-bond donors (Lipinski definition) is 0. The van der Waals surface area contributed by atoms with E-state index in [2.05, 4.69) is 5.10 Å². The first-order valence-corrected chi connectivity index (χ1v) is 5.79. The van der Waals surface area contributed by atoms with Crippen molar-refractivity contribution in [1.82, 2.24) is 9.61 Å². The first kappa shape index (κ1) is 8.77. The van der Waals surface area contributed by atoms with E-state index in [1.54, 1.807) is 29.2 Å². The van der Waals surface area contributed by atoms with Crippen molar-refractivity contribution >= 4 is 27.9 Å². The second-order valence-electron chi connectivity index (χ2n) is 2.69. The van der Waals surface area contributed by atoms with Crippen molar-refractivity contribution in [3.8, 4) is 0 Å². The van der Waals surface area contributed by atoms with Crippen LogP contribution in [0.2, 0.25) is 0 Å². The Hall–Kier alpha value is -0.810. The molecule has 0 radical (unpaired) electrons. The molecule has 0 aromatic carbocycles. The number of hydrogen-bond acceptors (Lipinski definition) is 4. The topological polar surface area (TPSA) is 34.4 Å². The number of aromatic nitrogens is 2. The van der Waals surface area contributed by atoms with Gasteiger partial charge in [-0.15, -0.1) is 5.10 Å². The normalized spacial score (nSPS) is 10.9. The Labute approximate surface area is 83.4 Å². The Bertz CT molecular complexity index is 500. The van der Waals surface area contributed by atoms with Crippen LogP contribution in [0.15, 0.2) is 21.3 Å². The first-order chi connectivity index (χ1) is 6.20. The Kier molecular flexibility index (Phi) is 2.13. The highest BCUT2D eigenvalue weighted by Gasteiger charge is 2.04. The predicted octanol–water partition coefficient (Wildman–Crippen LogP) is 1.79. The number of thioether (sulfide) groups is 1. The fourth-order valence-electron chi connectivity index (χ4n) is 1.11. The van der Waals surface area contributed by atoms with Crippen LogP contribution in [0.3, 0.4) is 0 Å². The fourth-order valence-corrected chi connectivity index (χ4v) is 2.62. The Morgan fingerprint density at radius 3 is 3.00 bits per heavy atom. The molecule has 0 amide bonds. The van der Waals surface area contributed by atoms with Crippen LogP contribution in [0.1, 0.15) is 5.56 Å². The summed E-state index contributed by atoms with van der Waals surface area (Å²) in [6.07, 6.45) is 1.95. The summed E-state index contributed by atoms with van der Waals surface area (Å²) >= 11 is 3.10. The zero-order valence-electron chi connectivity index (χ0n) is 7.27. The van der Waals surface area contributed by atoms with E-state index in [-0.39, 0.29) is 5.56 Å². The van der Waals surface area contributed by atoms with Crippen LogP contribution < -0.4 is 5.56 Å². The maximum atomic E-state index is 11.4. The van der Waals surface area contributed by atoms with Crippen molar-refractivity contribution in [1.29, 1.82) is 0 Å². The van der Waals surface area contributed by atoms with Crippen LogP contribution in [0.25, 0.3) is 4.83 Å². The molecule has 13 heavy (non-hydrogen) atoms. The van der Waals surface area contributed by atoms with Crippen LogP contribution in [-0.4, -0.2) is 15.9 Å². The average Bonchev–Trinajstić information content (AvgIpc) is 2.47. The van der Waals surface area contributed by atoms with Gasteiger partial charge in [-0.1, -0.05) is 23.1 Å². The van der Waals surface area contributed by atoms with Gasteiger partial charge >= 0.3 is 0 Å². The summed E-state index contributed by atoms with van der Waals surface area (Å²) in [6.45, 7) is 1.92. The largest absolute Gasteiger partial charge is 0.272 e. The lowest BCUT2D eigenvalue weighted by atomic mass is 10.3. The highest BCUT2D eigenvalue weighted by Crippen LogP contribution is 2.21. The molecular weight excluding hydrogens is 204 g/mol. The zero-order valence-corrected chi connectivity index (χ0v) is 8.91. The molecule has 0 bridgehead atoms. The maximum absolute atomic E-state index is 11.4. The lowest BCUT2D eigenvalue weighted by Gasteiger charge is -1.90. The quantitative estimate of drug-likeness (QED) is 0.676. The highest BCUT2D eigenvalue weighted by molar-refractivity contribution is 8.00. The minimum atomic E-state index is -0.0495. The number of rotatable bonds is 1. The van der Waals surface area contributed by atoms with Crippen molar-refractivity contribution in [2.75, 3.05) is 6.26 Å². The van der Waals surface area contributed by atoms with Gasteiger partial charge in [-0.25, -0.2) is 0 Å². The van der Waals surface area contributed by atoms with Crippen LogP contribution in [0, 0.1) is 6.92 Å². The number of nitrogens with zero attached hydrogens (tertiary/aromatic N) is 2. The van der Waals surface area contributed by atoms with E-state index in [1.165, 1.54) is 4.52 Å². The summed E-state index contributed by atoms with van der Waals surface area (Å²) in [6, 6.07) is 3.57. The third kappa shape index (κ3) is 1.49. The van der Waals surface area contributed by atoms with Gasteiger partial charge < -0.3 is 0 Å². The summed E-state index contributed by atoms with van der Waals surface area (Å²) in [5.74, 6) is 0. The molecule has 2 aromatic heterocycles. The van der Waals surface area contributed by atoms with Gasteiger partial charge in [0.05, 0.1) is 0 Å². The highest BCUT2D eigenvalue weighted by atomic mass is 32.2. The molecule has 2 rings (SSSR count). The van der Waals surface area contributed by atoms with Crippen LogP contribution in [0.4, 0.5) is 0 Å². The lowest BCUT2D eigenvalue weighted by molar-refractivity contribution is 0.870. The fraction of sp³-hybridized carbons (Fsp3) is 0.250. The second-order valence-corrected chi connectivity index (χ2v) is 4.76. The maximum Gasteiger partial charge on any atom is 0.272 e. The summed E-state index contributed by atoms with van der Waals surface area (Å²) in [4.78, 5) is 12.3. The first-order valence-electron chi connectivity index (χ1n) is 3.75. The Balaban J connectivity index is 2.83.